The molecule has 2 N–H and O–H groups in total. The van der Waals surface area contributed by atoms with Gasteiger partial charge in [0.25, 0.3) is 5.91 Å². The van der Waals surface area contributed by atoms with E-state index in [0.717, 1.165) is 67.5 Å². The quantitative estimate of drug-likeness (QED) is 0.171. The third-order valence-electron chi connectivity index (χ3n) is 8.18. The summed E-state index contributed by atoms with van der Waals surface area (Å²) in [5.41, 5.74) is 8.58. The van der Waals surface area contributed by atoms with Crippen LogP contribution in [0.2, 0.25) is 0 Å². The molecule has 1 aromatic rings. The average molecular weight is 585 g/mol. The highest BCUT2D eigenvalue weighted by Crippen LogP contribution is 2.43. The van der Waals surface area contributed by atoms with Crippen molar-refractivity contribution in [2.45, 2.75) is 118 Å². The zero-order valence-electron chi connectivity index (χ0n) is 26.6. The van der Waals surface area contributed by atoms with E-state index in [1.54, 1.807) is 5.49 Å². The number of ketones is 1. The maximum atomic E-state index is 13.7. The van der Waals surface area contributed by atoms with Crippen LogP contribution in [0.1, 0.15) is 118 Å². The average Bonchev–Trinajstić information content (AvgIpc) is 2.95. The van der Waals surface area contributed by atoms with Gasteiger partial charge in [0.2, 0.25) is 0 Å². The molecule has 2 fully saturated rings. The number of amides is 1. The summed E-state index contributed by atoms with van der Waals surface area (Å²) in [6, 6.07) is 5.85. The molecule has 41 heavy (non-hydrogen) atoms. The lowest BCUT2D eigenvalue weighted by Crippen LogP contribution is -2.59. The van der Waals surface area contributed by atoms with Crippen LogP contribution in [0.4, 0.5) is 5.69 Å². The Morgan fingerprint density at radius 3 is 2.39 bits per heavy atom. The number of carbonyl (C=O) groups is 2. The Morgan fingerprint density at radius 1 is 1.22 bits per heavy atom. The van der Waals surface area contributed by atoms with Gasteiger partial charge in [0.1, 0.15) is 23.2 Å². The van der Waals surface area contributed by atoms with Crippen molar-refractivity contribution in [3.05, 3.63) is 47.3 Å². The highest BCUT2D eigenvalue weighted by molar-refractivity contribution is 7.79. The highest BCUT2D eigenvalue weighted by Gasteiger charge is 2.48. The fourth-order valence-corrected chi connectivity index (χ4v) is 5.78. The third-order valence-corrected chi connectivity index (χ3v) is 8.39. The van der Waals surface area contributed by atoms with Crippen LogP contribution in [-0.2, 0) is 9.59 Å². The van der Waals surface area contributed by atoms with E-state index >= 15 is 0 Å². The first-order valence-corrected chi connectivity index (χ1v) is 16.0. The van der Waals surface area contributed by atoms with Crippen LogP contribution in [0.5, 0.6) is 5.75 Å². The van der Waals surface area contributed by atoms with Crippen molar-refractivity contribution in [3.63, 3.8) is 0 Å². The van der Waals surface area contributed by atoms with Gasteiger partial charge in [0, 0.05) is 23.4 Å². The summed E-state index contributed by atoms with van der Waals surface area (Å²) in [5, 5.41) is 5.04. The largest absolute Gasteiger partial charge is 0.493 e. The van der Waals surface area contributed by atoms with E-state index in [4.69, 9.17) is 17.0 Å². The smallest absolute Gasteiger partial charge is 0.270 e. The number of ether oxygens (including phenoxy) is 1. The zero-order chi connectivity index (χ0) is 30.7. The number of hydrazine groups is 1. The molecule has 3 rings (SSSR count). The molecule has 1 aliphatic carbocycles. The molecule has 0 radical (unpaired) electrons. The number of benzene rings is 1. The van der Waals surface area contributed by atoms with Gasteiger partial charge >= 0.3 is 0 Å². The van der Waals surface area contributed by atoms with Crippen LogP contribution >= 0.6 is 12.2 Å². The van der Waals surface area contributed by atoms with Crippen LogP contribution < -0.4 is 20.4 Å². The molecule has 1 aromatic carbocycles. The second-order valence-electron chi connectivity index (χ2n) is 10.7. The summed E-state index contributed by atoms with van der Waals surface area (Å²) in [6.45, 7) is 21.1. The van der Waals surface area contributed by atoms with E-state index in [2.05, 4.69) is 38.1 Å². The number of hydrogen-bond acceptors (Lipinski definition) is 6. The van der Waals surface area contributed by atoms with E-state index in [1.807, 2.05) is 62.7 Å². The summed E-state index contributed by atoms with van der Waals surface area (Å²) in [4.78, 5) is 28.9. The lowest BCUT2D eigenvalue weighted by Gasteiger charge is -2.48. The van der Waals surface area contributed by atoms with Crippen molar-refractivity contribution < 1.29 is 14.3 Å². The van der Waals surface area contributed by atoms with Gasteiger partial charge in [0.05, 0.1) is 12.1 Å². The number of nitrogens with one attached hydrogen (secondary N) is 2. The molecular formula is C33H52N4O3S. The van der Waals surface area contributed by atoms with Gasteiger partial charge in [-0.3, -0.25) is 14.6 Å². The molecule has 8 heteroatoms. The zero-order valence-corrected chi connectivity index (χ0v) is 27.4. The number of hydrogen-bond donors (Lipinski definition) is 2. The van der Waals surface area contributed by atoms with Gasteiger partial charge in [-0.05, 0) is 82.1 Å². The first kappa shape index (κ1) is 34.5. The normalized spacial score (nSPS) is 19.6. The molecule has 7 nitrogen and oxygen atoms in total. The maximum Gasteiger partial charge on any atom is 0.270 e. The summed E-state index contributed by atoms with van der Waals surface area (Å²) in [6.07, 6.45) is 5.95. The van der Waals surface area contributed by atoms with E-state index in [1.165, 1.54) is 0 Å². The maximum absolute atomic E-state index is 13.7. The fraction of sp³-hybridized carbons (Fsp3) is 0.606. The summed E-state index contributed by atoms with van der Waals surface area (Å²) >= 11 is 5.48. The third kappa shape index (κ3) is 7.39. The molecule has 0 spiro atoms. The molecule has 2 aliphatic rings. The van der Waals surface area contributed by atoms with Gasteiger partial charge in [0.15, 0.2) is 5.78 Å². The van der Waals surface area contributed by atoms with E-state index in [9.17, 15) is 9.59 Å². The predicted molar refractivity (Wildman–Crippen MR) is 174 cm³/mol. The lowest BCUT2D eigenvalue weighted by molar-refractivity contribution is -0.126. The molecule has 1 saturated carbocycles. The number of rotatable bonds is 14. The van der Waals surface area contributed by atoms with Crippen LogP contribution in [0.15, 0.2) is 41.7 Å². The standard InChI is InChI=1S/C31H46N4O3S.C2H6/c1-8-13-22(6)35-28(23(7)21(5)10-3)30(37)32-29(33-35)25-19-24(15-16-26(25)38-11-4)34(20-39)31(17-12-18-31)27(36)14-9-2;1-2/h15-16,19-21,29,33H,6,8-14,17-18H2,1-5,7H3,(H,32,37);1-2H3/b28-23-;. The summed E-state index contributed by atoms with van der Waals surface area (Å²) < 4.78 is 6.01. The van der Waals surface area contributed by atoms with Crippen LogP contribution in [0.3, 0.4) is 0 Å². The molecule has 1 saturated heterocycles. The van der Waals surface area contributed by atoms with Crippen molar-refractivity contribution in [1.82, 2.24) is 15.8 Å². The molecule has 228 valence electrons. The predicted octanol–water partition coefficient (Wildman–Crippen LogP) is 7.74. The van der Waals surface area contributed by atoms with Crippen molar-refractivity contribution in [2.75, 3.05) is 11.5 Å². The number of nitrogens with zero attached hydrogens (tertiary/aromatic N) is 2. The van der Waals surface area contributed by atoms with Gasteiger partial charge in [-0.1, -0.05) is 66.8 Å². The minimum Gasteiger partial charge on any atom is -0.493 e. The van der Waals surface area contributed by atoms with E-state index < -0.39 is 11.7 Å². The molecule has 0 bridgehead atoms. The number of anilines is 1. The molecule has 1 amide bonds. The monoisotopic (exact) mass is 584 g/mol. The van der Waals surface area contributed by atoms with Crippen molar-refractivity contribution in [3.8, 4) is 5.75 Å². The number of carbonyl (C=O) groups excluding carboxylic acids is 2. The van der Waals surface area contributed by atoms with Gasteiger partial charge in [-0.25, -0.2) is 5.43 Å². The van der Waals surface area contributed by atoms with Gasteiger partial charge in [-0.2, -0.15) is 0 Å². The fourth-order valence-electron chi connectivity index (χ4n) is 5.45. The molecular weight excluding hydrogens is 532 g/mol. The molecule has 2 atom stereocenters. The molecule has 2 unspecified atom stereocenters. The summed E-state index contributed by atoms with van der Waals surface area (Å²) in [5.74, 6) is 0.994. The van der Waals surface area contributed by atoms with Gasteiger partial charge in [-0.15, -0.1) is 0 Å². The molecule has 1 heterocycles. The van der Waals surface area contributed by atoms with Crippen LogP contribution in [0.25, 0.3) is 0 Å². The Bertz CT molecular complexity index is 1110. The minimum atomic E-state index is -0.601. The highest BCUT2D eigenvalue weighted by atomic mass is 32.1. The van der Waals surface area contributed by atoms with Crippen molar-refractivity contribution >= 4 is 35.1 Å². The number of Topliss-reactive ketones (excluding diaryl/α,β-unsaturated/α-hetero) is 1. The second-order valence-corrected chi connectivity index (χ2v) is 10.9. The Kier molecular flexibility index (Phi) is 13.5. The lowest BCUT2D eigenvalue weighted by atomic mass is 9.71. The number of thiocarbonyl (C=S) groups is 1. The Labute approximate surface area is 253 Å². The second kappa shape index (κ2) is 16.1. The first-order chi connectivity index (χ1) is 19.7. The Morgan fingerprint density at radius 2 is 1.88 bits per heavy atom. The molecule has 1 aliphatic heterocycles. The van der Waals surface area contributed by atoms with Crippen LogP contribution in [-0.4, -0.2) is 34.3 Å². The molecule has 0 aromatic heterocycles. The Balaban J connectivity index is 0.00000287. The van der Waals surface area contributed by atoms with Crippen LogP contribution in [0, 0.1) is 5.92 Å². The first-order valence-electron chi connectivity index (χ1n) is 15.5. The SMILES string of the molecule is C=C(CCC)N1NC(c2cc(N(C=S)C3(C(=O)CCC)CCC3)ccc2OCC)NC(=O)/C1=C(\C)C(C)CC.CC. The number of allylic oxidation sites excluding steroid dienone is 2. The van der Waals surface area contributed by atoms with Crippen molar-refractivity contribution in [2.24, 2.45) is 5.92 Å². The van der Waals surface area contributed by atoms with E-state index in [-0.39, 0.29) is 17.6 Å². The van der Waals surface area contributed by atoms with E-state index in [0.29, 0.717) is 24.5 Å². The Hall–Kier alpha value is -2.71. The summed E-state index contributed by atoms with van der Waals surface area (Å²) in [7, 11) is 0. The topological polar surface area (TPSA) is 73.9 Å². The van der Waals surface area contributed by atoms with Gasteiger partial charge < -0.3 is 15.0 Å². The van der Waals surface area contributed by atoms with Crippen molar-refractivity contribution in [1.29, 1.82) is 0 Å². The minimum absolute atomic E-state index is 0.151.